The Balaban J connectivity index is 1.99. The van der Waals surface area contributed by atoms with E-state index in [1.54, 1.807) is 12.3 Å². The van der Waals surface area contributed by atoms with E-state index in [-0.39, 0.29) is 11.2 Å². The fraction of sp³-hybridized carbons (Fsp3) is 0.0500. The van der Waals surface area contributed by atoms with Crippen molar-refractivity contribution in [2.75, 3.05) is 10.6 Å². The number of rotatable bonds is 5. The van der Waals surface area contributed by atoms with Crippen LogP contribution in [0.1, 0.15) is 5.56 Å². The molecule has 3 aromatic rings. The van der Waals surface area contributed by atoms with Gasteiger partial charge in [0.25, 0.3) is 0 Å². The molecular weight excluding hydrogens is 348 g/mol. The highest BCUT2D eigenvalue weighted by Gasteiger charge is 2.11. The number of carbonyl (C=O) groups is 1. The van der Waals surface area contributed by atoms with Crippen LogP contribution in [0.4, 0.5) is 17.1 Å². The lowest BCUT2D eigenvalue weighted by atomic mass is 10.1. The van der Waals surface area contributed by atoms with Gasteiger partial charge in [-0.2, -0.15) is 0 Å². The fourth-order valence-electron chi connectivity index (χ4n) is 2.49. The summed E-state index contributed by atoms with van der Waals surface area (Å²) in [6, 6.07) is 15.3. The number of nitrogens with zero attached hydrogens (tertiary/aromatic N) is 2. The van der Waals surface area contributed by atoms with E-state index in [2.05, 4.69) is 27.2 Å². The molecule has 0 saturated carbocycles. The lowest BCUT2D eigenvalue weighted by Gasteiger charge is -2.13. The molecule has 2 N–H and O–H groups in total. The smallest absolute Gasteiger partial charge is 0.247 e. The summed E-state index contributed by atoms with van der Waals surface area (Å²) in [5.41, 5.74) is 4.86. The van der Waals surface area contributed by atoms with E-state index in [1.165, 1.54) is 6.08 Å². The van der Waals surface area contributed by atoms with Crippen LogP contribution in [0, 0.1) is 6.92 Å². The van der Waals surface area contributed by atoms with Gasteiger partial charge in [-0.05, 0) is 54.4 Å². The standard InChI is InChI=1S/C20H17ClN4O/c1-3-18(26)24-16-9-5-7-14(11-16)19-17(12-22-20(21)25-19)23-15-8-4-6-13(2)10-15/h3-12,23H,1H2,2H3,(H,24,26). The van der Waals surface area contributed by atoms with E-state index in [0.717, 1.165) is 16.8 Å². The van der Waals surface area contributed by atoms with E-state index >= 15 is 0 Å². The first-order chi connectivity index (χ1) is 12.5. The summed E-state index contributed by atoms with van der Waals surface area (Å²) in [5, 5.41) is 6.21. The summed E-state index contributed by atoms with van der Waals surface area (Å²) >= 11 is 6.01. The summed E-state index contributed by atoms with van der Waals surface area (Å²) in [4.78, 5) is 20.0. The third kappa shape index (κ3) is 4.26. The van der Waals surface area contributed by atoms with Crippen LogP contribution in [-0.4, -0.2) is 15.9 Å². The van der Waals surface area contributed by atoms with Crippen molar-refractivity contribution in [3.63, 3.8) is 0 Å². The van der Waals surface area contributed by atoms with Gasteiger partial charge in [0.1, 0.15) is 0 Å². The molecule has 26 heavy (non-hydrogen) atoms. The minimum Gasteiger partial charge on any atom is -0.352 e. The Morgan fingerprint density at radius 3 is 2.69 bits per heavy atom. The second kappa shape index (κ2) is 7.80. The second-order valence-electron chi connectivity index (χ2n) is 5.67. The lowest BCUT2D eigenvalue weighted by Crippen LogP contribution is -2.07. The highest BCUT2D eigenvalue weighted by atomic mass is 35.5. The van der Waals surface area contributed by atoms with Crippen molar-refractivity contribution in [3.05, 3.63) is 78.2 Å². The molecule has 0 atom stereocenters. The average molecular weight is 365 g/mol. The second-order valence-corrected chi connectivity index (χ2v) is 6.01. The molecule has 0 aliphatic heterocycles. The number of anilines is 3. The van der Waals surface area contributed by atoms with Crippen molar-refractivity contribution >= 4 is 34.6 Å². The normalized spacial score (nSPS) is 10.2. The number of carbonyl (C=O) groups excluding carboxylic acids is 1. The first kappa shape index (κ1) is 17.6. The Morgan fingerprint density at radius 2 is 1.92 bits per heavy atom. The molecule has 1 aromatic heterocycles. The van der Waals surface area contributed by atoms with Crippen LogP contribution in [0.3, 0.4) is 0 Å². The number of aryl methyl sites for hydroxylation is 1. The quantitative estimate of drug-likeness (QED) is 0.495. The van der Waals surface area contributed by atoms with Crippen molar-refractivity contribution in [1.29, 1.82) is 0 Å². The van der Waals surface area contributed by atoms with Gasteiger partial charge in [-0.1, -0.05) is 30.8 Å². The molecule has 0 spiro atoms. The van der Waals surface area contributed by atoms with E-state index in [0.29, 0.717) is 17.1 Å². The van der Waals surface area contributed by atoms with Crippen LogP contribution in [0.15, 0.2) is 67.4 Å². The van der Waals surface area contributed by atoms with Crippen molar-refractivity contribution in [1.82, 2.24) is 9.97 Å². The first-order valence-corrected chi connectivity index (χ1v) is 8.33. The molecule has 1 amide bonds. The zero-order valence-corrected chi connectivity index (χ0v) is 14.9. The van der Waals surface area contributed by atoms with Crippen molar-refractivity contribution in [3.8, 4) is 11.3 Å². The topological polar surface area (TPSA) is 66.9 Å². The van der Waals surface area contributed by atoms with Crippen LogP contribution in [0.25, 0.3) is 11.3 Å². The number of halogens is 1. The molecule has 0 radical (unpaired) electrons. The fourth-order valence-corrected chi connectivity index (χ4v) is 2.62. The largest absolute Gasteiger partial charge is 0.352 e. The molecule has 0 saturated heterocycles. The SMILES string of the molecule is C=CC(=O)Nc1cccc(-c2nc(Cl)ncc2Nc2cccc(C)c2)c1. The summed E-state index contributed by atoms with van der Waals surface area (Å²) in [7, 11) is 0. The van der Waals surface area contributed by atoms with Crippen LogP contribution >= 0.6 is 11.6 Å². The Hall–Kier alpha value is -3.18. The van der Waals surface area contributed by atoms with Crippen molar-refractivity contribution in [2.45, 2.75) is 6.92 Å². The number of aromatic nitrogens is 2. The molecule has 5 nitrogen and oxygen atoms in total. The number of hydrogen-bond donors (Lipinski definition) is 2. The van der Waals surface area contributed by atoms with Gasteiger partial charge in [0.2, 0.25) is 11.2 Å². The first-order valence-electron chi connectivity index (χ1n) is 7.95. The zero-order valence-electron chi connectivity index (χ0n) is 14.2. The Kier molecular flexibility index (Phi) is 5.29. The Morgan fingerprint density at radius 1 is 1.15 bits per heavy atom. The van der Waals surface area contributed by atoms with E-state index < -0.39 is 0 Å². The Labute approximate surface area is 156 Å². The maximum absolute atomic E-state index is 11.5. The number of amides is 1. The van der Waals surface area contributed by atoms with Gasteiger partial charge < -0.3 is 10.6 Å². The summed E-state index contributed by atoms with van der Waals surface area (Å²) in [6.07, 6.45) is 2.86. The van der Waals surface area contributed by atoms with Crippen LogP contribution < -0.4 is 10.6 Å². The molecule has 0 bridgehead atoms. The molecule has 1 heterocycles. The minimum absolute atomic E-state index is 0.148. The highest BCUT2D eigenvalue weighted by Crippen LogP contribution is 2.30. The van der Waals surface area contributed by atoms with Gasteiger partial charge in [0.05, 0.1) is 17.6 Å². The van der Waals surface area contributed by atoms with Crippen molar-refractivity contribution in [2.24, 2.45) is 0 Å². The van der Waals surface area contributed by atoms with E-state index in [1.807, 2.05) is 49.4 Å². The third-order valence-electron chi connectivity index (χ3n) is 3.65. The molecular formula is C20H17ClN4O. The molecule has 2 aromatic carbocycles. The zero-order chi connectivity index (χ0) is 18.5. The summed E-state index contributed by atoms with van der Waals surface area (Å²) in [6.45, 7) is 5.48. The number of nitrogens with one attached hydrogen (secondary N) is 2. The molecule has 3 rings (SSSR count). The minimum atomic E-state index is -0.277. The molecule has 0 unspecified atom stereocenters. The van der Waals surface area contributed by atoms with Crippen molar-refractivity contribution < 1.29 is 4.79 Å². The third-order valence-corrected chi connectivity index (χ3v) is 3.83. The average Bonchev–Trinajstić information content (AvgIpc) is 2.63. The molecule has 0 fully saturated rings. The van der Waals surface area contributed by atoms with E-state index in [4.69, 9.17) is 11.6 Å². The number of benzene rings is 2. The van der Waals surface area contributed by atoms with Gasteiger partial charge in [-0.25, -0.2) is 9.97 Å². The van der Waals surface area contributed by atoms with Gasteiger partial charge in [0, 0.05) is 16.9 Å². The Bertz CT molecular complexity index is 972. The highest BCUT2D eigenvalue weighted by molar-refractivity contribution is 6.28. The molecule has 130 valence electrons. The molecule has 6 heteroatoms. The summed E-state index contributed by atoms with van der Waals surface area (Å²) < 4.78 is 0. The maximum atomic E-state index is 11.5. The van der Waals surface area contributed by atoms with Crippen LogP contribution in [-0.2, 0) is 4.79 Å². The monoisotopic (exact) mass is 364 g/mol. The van der Waals surface area contributed by atoms with Crippen LogP contribution in [0.5, 0.6) is 0 Å². The number of hydrogen-bond acceptors (Lipinski definition) is 4. The lowest BCUT2D eigenvalue weighted by molar-refractivity contribution is -0.111. The summed E-state index contributed by atoms with van der Waals surface area (Å²) in [5.74, 6) is -0.277. The predicted molar refractivity (Wildman–Crippen MR) is 106 cm³/mol. The van der Waals surface area contributed by atoms with Gasteiger partial charge >= 0.3 is 0 Å². The molecule has 0 aliphatic rings. The predicted octanol–water partition coefficient (Wildman–Crippen LogP) is 4.97. The van der Waals surface area contributed by atoms with Gasteiger partial charge in [-0.15, -0.1) is 0 Å². The maximum Gasteiger partial charge on any atom is 0.247 e. The van der Waals surface area contributed by atoms with Gasteiger partial charge in [0.15, 0.2) is 0 Å². The van der Waals surface area contributed by atoms with E-state index in [9.17, 15) is 4.79 Å². The van der Waals surface area contributed by atoms with Crippen LogP contribution in [0.2, 0.25) is 5.28 Å². The van der Waals surface area contributed by atoms with Gasteiger partial charge in [-0.3, -0.25) is 4.79 Å². The molecule has 0 aliphatic carbocycles.